The molecule has 0 unspecified atom stereocenters. The molecule has 0 saturated carbocycles. The fourth-order valence-electron chi connectivity index (χ4n) is 3.33. The van der Waals surface area contributed by atoms with Crippen LogP contribution in [0, 0.1) is 43.4 Å². The lowest BCUT2D eigenvalue weighted by Gasteiger charge is -2.19. The second kappa shape index (κ2) is 8.99. The smallest absolute Gasteiger partial charge is 0.0952 e. The van der Waals surface area contributed by atoms with Crippen LogP contribution in [0.3, 0.4) is 0 Å². The minimum Gasteiger partial charge on any atom is -0.293 e. The molecule has 0 heterocycles. The number of allylic oxidation sites excluding steroid dienone is 4. The monoisotopic (exact) mass is 350 g/mol. The average Bonchev–Trinajstić information content (AvgIpc) is 2.49. The Morgan fingerprint density at radius 2 is 1.65 bits per heavy atom. The van der Waals surface area contributed by atoms with Gasteiger partial charge in [-0.1, -0.05) is 58.4 Å². The fourth-order valence-corrected chi connectivity index (χ4v) is 3.33. The van der Waals surface area contributed by atoms with Gasteiger partial charge in [0.2, 0.25) is 0 Å². The second-order valence-corrected chi connectivity index (χ2v) is 8.45. The number of hydrogen-bond acceptors (Lipinski definition) is 2. The molecule has 0 atom stereocenters. The van der Waals surface area contributed by atoms with Crippen LogP contribution in [0.1, 0.15) is 56.9 Å². The first-order valence-corrected chi connectivity index (χ1v) is 9.36. The maximum Gasteiger partial charge on any atom is 0.0952 e. The minimum atomic E-state index is -0.0172. The molecule has 1 aromatic carbocycles. The van der Waals surface area contributed by atoms with Crippen molar-refractivity contribution in [3.63, 3.8) is 0 Å². The predicted octanol–water partition coefficient (Wildman–Crippen LogP) is 6.30. The summed E-state index contributed by atoms with van der Waals surface area (Å²) in [6, 6.07) is 6.88. The number of aliphatic imine (C=N–C) groups is 1. The highest BCUT2D eigenvalue weighted by molar-refractivity contribution is 5.99. The lowest BCUT2D eigenvalue weighted by atomic mass is 9.86. The molecule has 0 aliphatic rings. The van der Waals surface area contributed by atoms with Crippen LogP contribution < -0.4 is 0 Å². The third-order valence-electron chi connectivity index (χ3n) is 4.70. The molecular formula is C24H34N2. The summed E-state index contributed by atoms with van der Waals surface area (Å²) in [4.78, 5) is 4.44. The summed E-state index contributed by atoms with van der Waals surface area (Å²) in [6.07, 6.45) is 4.95. The van der Waals surface area contributed by atoms with Crippen LogP contribution in [0.25, 0.3) is 0 Å². The van der Waals surface area contributed by atoms with E-state index in [9.17, 15) is 5.26 Å². The van der Waals surface area contributed by atoms with E-state index in [0.717, 1.165) is 23.3 Å². The van der Waals surface area contributed by atoms with Crippen molar-refractivity contribution >= 4 is 5.71 Å². The van der Waals surface area contributed by atoms with Crippen LogP contribution in [-0.4, -0.2) is 12.8 Å². The fraction of sp³-hybridized carbons (Fsp3) is 0.500. The van der Waals surface area contributed by atoms with Crippen LogP contribution >= 0.6 is 0 Å². The Bertz CT molecular complexity index is 752. The van der Waals surface area contributed by atoms with Gasteiger partial charge < -0.3 is 0 Å². The van der Waals surface area contributed by atoms with Crippen molar-refractivity contribution in [3.05, 3.63) is 57.7 Å². The highest BCUT2D eigenvalue weighted by Gasteiger charge is 2.17. The van der Waals surface area contributed by atoms with Gasteiger partial charge in [-0.05, 0) is 61.4 Å². The van der Waals surface area contributed by atoms with E-state index in [1.54, 1.807) is 0 Å². The molecule has 0 radical (unpaired) electrons. The van der Waals surface area contributed by atoms with Gasteiger partial charge in [0.25, 0.3) is 0 Å². The molecule has 2 heteroatoms. The first-order chi connectivity index (χ1) is 12.0. The Morgan fingerprint density at radius 1 is 1.12 bits per heavy atom. The summed E-state index contributed by atoms with van der Waals surface area (Å²) in [5.41, 5.74) is 8.12. The van der Waals surface area contributed by atoms with Crippen molar-refractivity contribution in [2.75, 3.05) is 7.05 Å². The van der Waals surface area contributed by atoms with E-state index in [2.05, 4.69) is 90.7 Å². The number of nitriles is 1. The Hall–Kier alpha value is -2.14. The van der Waals surface area contributed by atoms with Crippen molar-refractivity contribution in [3.8, 4) is 6.07 Å². The topological polar surface area (TPSA) is 36.1 Å². The summed E-state index contributed by atoms with van der Waals surface area (Å²) in [5.74, 6) is 0.197. The van der Waals surface area contributed by atoms with E-state index in [0.29, 0.717) is 0 Å². The summed E-state index contributed by atoms with van der Waals surface area (Å²) < 4.78 is 0. The van der Waals surface area contributed by atoms with Crippen LogP contribution in [-0.2, 0) is 6.42 Å². The molecule has 0 amide bonds. The molecular weight excluding hydrogens is 316 g/mol. The van der Waals surface area contributed by atoms with Gasteiger partial charge in [0, 0.05) is 23.7 Å². The number of benzene rings is 1. The van der Waals surface area contributed by atoms with Gasteiger partial charge in [-0.3, -0.25) is 4.99 Å². The Morgan fingerprint density at radius 3 is 2.04 bits per heavy atom. The van der Waals surface area contributed by atoms with Crippen molar-refractivity contribution in [2.45, 2.75) is 61.8 Å². The van der Waals surface area contributed by atoms with E-state index in [1.165, 1.54) is 22.3 Å². The molecule has 0 spiro atoms. The van der Waals surface area contributed by atoms with Gasteiger partial charge in [0.1, 0.15) is 0 Å². The maximum atomic E-state index is 9.74. The molecule has 0 fully saturated rings. The van der Waals surface area contributed by atoms with E-state index in [1.807, 2.05) is 7.05 Å². The third-order valence-corrected chi connectivity index (χ3v) is 4.70. The largest absolute Gasteiger partial charge is 0.293 e. The van der Waals surface area contributed by atoms with Crippen molar-refractivity contribution in [2.24, 2.45) is 16.3 Å². The second-order valence-electron chi connectivity index (χ2n) is 8.45. The predicted molar refractivity (Wildman–Crippen MR) is 114 cm³/mol. The van der Waals surface area contributed by atoms with E-state index in [4.69, 9.17) is 0 Å². The summed E-state index contributed by atoms with van der Waals surface area (Å²) in [6.45, 7) is 17.1. The SMILES string of the molecule is CN=C(/C=C\C(Cc1c(C)cc(C)cc1C)=C(\C#N)C(C)C)C(C)(C)C. The summed E-state index contributed by atoms with van der Waals surface area (Å²) >= 11 is 0. The quantitative estimate of drug-likeness (QED) is 0.348. The Balaban J connectivity index is 3.45. The first-order valence-electron chi connectivity index (χ1n) is 9.36. The molecule has 0 bridgehead atoms. The summed E-state index contributed by atoms with van der Waals surface area (Å²) in [7, 11) is 1.83. The molecule has 26 heavy (non-hydrogen) atoms. The molecule has 0 aromatic heterocycles. The van der Waals surface area contributed by atoms with Gasteiger partial charge in [0.05, 0.1) is 6.07 Å². The van der Waals surface area contributed by atoms with E-state index in [-0.39, 0.29) is 11.3 Å². The number of aryl methyl sites for hydroxylation is 3. The third kappa shape index (κ3) is 5.70. The van der Waals surface area contributed by atoms with Crippen LogP contribution in [0.4, 0.5) is 0 Å². The van der Waals surface area contributed by atoms with Crippen LogP contribution in [0.2, 0.25) is 0 Å². The number of nitrogens with zero attached hydrogens (tertiary/aromatic N) is 2. The van der Waals surface area contributed by atoms with E-state index >= 15 is 0 Å². The zero-order valence-corrected chi connectivity index (χ0v) is 18.0. The van der Waals surface area contributed by atoms with Gasteiger partial charge >= 0.3 is 0 Å². The number of hydrogen-bond donors (Lipinski definition) is 0. The maximum absolute atomic E-state index is 9.74. The van der Waals surface area contributed by atoms with Gasteiger partial charge in [-0.15, -0.1) is 0 Å². The summed E-state index contributed by atoms with van der Waals surface area (Å²) in [5, 5.41) is 9.74. The molecule has 2 nitrogen and oxygen atoms in total. The lowest BCUT2D eigenvalue weighted by molar-refractivity contribution is 0.593. The highest BCUT2D eigenvalue weighted by atomic mass is 14.7. The zero-order chi connectivity index (χ0) is 20.1. The van der Waals surface area contributed by atoms with Gasteiger partial charge in [-0.25, -0.2) is 0 Å². The highest BCUT2D eigenvalue weighted by Crippen LogP contribution is 2.25. The van der Waals surface area contributed by atoms with E-state index < -0.39 is 0 Å². The molecule has 0 N–H and O–H groups in total. The molecule has 1 aromatic rings. The van der Waals surface area contributed by atoms with Gasteiger partial charge in [0.15, 0.2) is 0 Å². The molecule has 1 rings (SSSR count). The molecule has 140 valence electrons. The van der Waals surface area contributed by atoms with Crippen molar-refractivity contribution in [1.82, 2.24) is 0 Å². The van der Waals surface area contributed by atoms with Crippen LogP contribution in [0.5, 0.6) is 0 Å². The number of rotatable bonds is 5. The van der Waals surface area contributed by atoms with Gasteiger partial charge in [-0.2, -0.15) is 5.26 Å². The Labute approximate surface area is 160 Å². The average molecular weight is 351 g/mol. The normalized spacial score (nSPS) is 14.0. The molecule has 0 aliphatic carbocycles. The lowest BCUT2D eigenvalue weighted by Crippen LogP contribution is -2.18. The Kier molecular flexibility index (Phi) is 7.57. The zero-order valence-electron chi connectivity index (χ0n) is 18.0. The van der Waals surface area contributed by atoms with Crippen molar-refractivity contribution in [1.29, 1.82) is 5.26 Å². The molecule has 0 saturated heterocycles. The van der Waals surface area contributed by atoms with Crippen molar-refractivity contribution < 1.29 is 0 Å². The first kappa shape index (κ1) is 21.9. The standard InChI is InChI=1S/C24H34N2/c1-16(2)22(15-25)20(10-11-23(26-9)24(6,7)8)14-21-18(4)12-17(3)13-19(21)5/h10-13,16H,14H2,1-9H3/b11-10-,22-20+,26-23?. The van der Waals surface area contributed by atoms with Crippen LogP contribution in [0.15, 0.2) is 40.4 Å². The minimum absolute atomic E-state index is 0.0172. The molecule has 0 aliphatic heterocycles.